The Kier molecular flexibility index (Phi) is 6.88. The molecule has 0 saturated heterocycles. The second-order valence-electron chi connectivity index (χ2n) is 7.90. The minimum Gasteiger partial charge on any atom is -0.341 e. The van der Waals surface area contributed by atoms with E-state index in [0.717, 1.165) is 17.7 Å². The normalized spacial score (nSPS) is 13.4. The Morgan fingerprint density at radius 1 is 1.07 bits per heavy atom. The predicted molar refractivity (Wildman–Crippen MR) is 104 cm³/mol. The molecular weight excluding hydrogens is 362 g/mol. The van der Waals surface area contributed by atoms with Gasteiger partial charge in [0.15, 0.2) is 0 Å². The molecule has 0 atom stereocenters. The third-order valence-electron chi connectivity index (χ3n) is 4.77. The fraction of sp³-hybridized carbons (Fsp3) is 0.550. The molecule has 8 nitrogen and oxygen atoms in total. The van der Waals surface area contributed by atoms with Gasteiger partial charge >= 0.3 is 0 Å². The summed E-state index contributed by atoms with van der Waals surface area (Å²) in [7, 11) is 0. The molecule has 1 heterocycles. The van der Waals surface area contributed by atoms with E-state index in [2.05, 4.69) is 27.7 Å². The van der Waals surface area contributed by atoms with E-state index in [9.17, 15) is 24.5 Å². The van der Waals surface area contributed by atoms with Gasteiger partial charge in [0.2, 0.25) is 5.91 Å². The van der Waals surface area contributed by atoms with Crippen LogP contribution < -0.4 is 0 Å². The molecule has 0 N–H and O–H groups in total. The number of fused-ring (bicyclic) bond motifs is 1. The Hall–Kier alpha value is -2.77. The van der Waals surface area contributed by atoms with Crippen LogP contribution in [0.2, 0.25) is 0 Å². The lowest BCUT2D eigenvalue weighted by molar-refractivity contribution is -0.385. The van der Waals surface area contributed by atoms with Crippen LogP contribution in [0.5, 0.6) is 0 Å². The maximum absolute atomic E-state index is 12.8. The van der Waals surface area contributed by atoms with Gasteiger partial charge in [0.25, 0.3) is 17.5 Å². The first-order chi connectivity index (χ1) is 13.1. The first-order valence-corrected chi connectivity index (χ1v) is 9.54. The van der Waals surface area contributed by atoms with E-state index < -0.39 is 29.0 Å². The SMILES string of the molecule is CC(C)CCN(CCC(C)C)C(=O)CN1C(=O)c2cccc([N+](=O)[O-])c2C1=O. The number of carbonyl (C=O) groups excluding carboxylic acids is 3. The number of carbonyl (C=O) groups is 3. The quantitative estimate of drug-likeness (QED) is 0.367. The highest BCUT2D eigenvalue weighted by Crippen LogP contribution is 2.30. The van der Waals surface area contributed by atoms with E-state index in [0.29, 0.717) is 24.9 Å². The first-order valence-electron chi connectivity index (χ1n) is 9.54. The van der Waals surface area contributed by atoms with Crippen molar-refractivity contribution in [2.75, 3.05) is 19.6 Å². The molecule has 0 radical (unpaired) electrons. The summed E-state index contributed by atoms with van der Waals surface area (Å²) < 4.78 is 0. The largest absolute Gasteiger partial charge is 0.341 e. The average Bonchev–Trinajstić information content (AvgIpc) is 2.86. The topological polar surface area (TPSA) is 101 Å². The van der Waals surface area contributed by atoms with Crippen LogP contribution in [0.4, 0.5) is 5.69 Å². The molecule has 2 rings (SSSR count). The van der Waals surface area contributed by atoms with Crippen LogP contribution in [0.3, 0.4) is 0 Å². The zero-order valence-corrected chi connectivity index (χ0v) is 16.8. The van der Waals surface area contributed by atoms with Crippen LogP contribution in [0.25, 0.3) is 0 Å². The Labute approximate surface area is 164 Å². The third kappa shape index (κ3) is 4.74. The Bertz CT molecular complexity index is 776. The van der Waals surface area contributed by atoms with Crippen LogP contribution in [-0.2, 0) is 4.79 Å². The van der Waals surface area contributed by atoms with Gasteiger partial charge in [0.05, 0.1) is 10.5 Å². The first kappa shape index (κ1) is 21.5. The Morgan fingerprint density at radius 2 is 1.64 bits per heavy atom. The summed E-state index contributed by atoms with van der Waals surface area (Å²) >= 11 is 0. The molecule has 0 bridgehead atoms. The molecule has 0 spiro atoms. The number of hydrogen-bond donors (Lipinski definition) is 0. The summed E-state index contributed by atoms with van der Waals surface area (Å²) in [6.45, 7) is 8.95. The van der Waals surface area contributed by atoms with Crippen molar-refractivity contribution < 1.29 is 19.3 Å². The van der Waals surface area contributed by atoms with Crippen molar-refractivity contribution in [3.05, 3.63) is 39.4 Å². The summed E-state index contributed by atoms with van der Waals surface area (Å²) in [6, 6.07) is 3.93. The van der Waals surface area contributed by atoms with Gasteiger partial charge in [-0.15, -0.1) is 0 Å². The van der Waals surface area contributed by atoms with Gasteiger partial charge in [0.1, 0.15) is 12.1 Å². The highest BCUT2D eigenvalue weighted by atomic mass is 16.6. The van der Waals surface area contributed by atoms with E-state index in [1.807, 2.05) is 0 Å². The van der Waals surface area contributed by atoms with Gasteiger partial charge in [-0.25, -0.2) is 0 Å². The fourth-order valence-corrected chi connectivity index (χ4v) is 3.04. The molecule has 28 heavy (non-hydrogen) atoms. The van der Waals surface area contributed by atoms with Crippen molar-refractivity contribution in [1.82, 2.24) is 9.80 Å². The number of benzene rings is 1. The van der Waals surface area contributed by atoms with Crippen LogP contribution in [-0.4, -0.2) is 52.1 Å². The van der Waals surface area contributed by atoms with Crippen LogP contribution in [0.15, 0.2) is 18.2 Å². The molecule has 1 aromatic rings. The van der Waals surface area contributed by atoms with Gasteiger partial charge in [0, 0.05) is 19.2 Å². The monoisotopic (exact) mass is 389 g/mol. The van der Waals surface area contributed by atoms with E-state index in [-0.39, 0.29) is 17.0 Å². The number of hydrogen-bond acceptors (Lipinski definition) is 5. The van der Waals surface area contributed by atoms with E-state index in [1.165, 1.54) is 18.2 Å². The maximum Gasteiger partial charge on any atom is 0.282 e. The highest BCUT2D eigenvalue weighted by Gasteiger charge is 2.42. The molecule has 0 saturated carbocycles. The standard InChI is InChI=1S/C20H27N3O5/c1-13(2)8-10-21(11-9-14(3)4)17(24)12-22-19(25)15-6-5-7-16(23(27)28)18(15)20(22)26/h5-7,13-14H,8-12H2,1-4H3. The summed E-state index contributed by atoms with van der Waals surface area (Å²) in [4.78, 5) is 51.1. The molecule has 152 valence electrons. The molecule has 1 aliphatic rings. The summed E-state index contributed by atoms with van der Waals surface area (Å²) in [5.74, 6) is -0.941. The van der Waals surface area contributed by atoms with Crippen molar-refractivity contribution in [2.45, 2.75) is 40.5 Å². The zero-order chi connectivity index (χ0) is 21.0. The second kappa shape index (κ2) is 8.95. The lowest BCUT2D eigenvalue weighted by atomic mass is 10.1. The van der Waals surface area contributed by atoms with Crippen molar-refractivity contribution >= 4 is 23.4 Å². The van der Waals surface area contributed by atoms with Gasteiger partial charge < -0.3 is 4.90 Å². The smallest absolute Gasteiger partial charge is 0.282 e. The summed E-state index contributed by atoms with van der Waals surface area (Å²) in [6.07, 6.45) is 1.63. The number of rotatable bonds is 9. The van der Waals surface area contributed by atoms with Gasteiger partial charge in [-0.05, 0) is 30.7 Å². The Balaban J connectivity index is 2.19. The van der Waals surface area contributed by atoms with Crippen molar-refractivity contribution in [3.8, 4) is 0 Å². The van der Waals surface area contributed by atoms with Gasteiger partial charge in [-0.1, -0.05) is 33.8 Å². The number of amides is 3. The number of nitro benzene ring substituents is 1. The van der Waals surface area contributed by atoms with Crippen LogP contribution in [0, 0.1) is 22.0 Å². The van der Waals surface area contributed by atoms with Crippen molar-refractivity contribution in [1.29, 1.82) is 0 Å². The molecule has 0 aliphatic carbocycles. The third-order valence-corrected chi connectivity index (χ3v) is 4.77. The second-order valence-corrected chi connectivity index (χ2v) is 7.90. The van der Waals surface area contributed by atoms with Crippen LogP contribution >= 0.6 is 0 Å². The molecule has 0 unspecified atom stereocenters. The van der Waals surface area contributed by atoms with E-state index in [1.54, 1.807) is 4.90 Å². The maximum atomic E-state index is 12.8. The molecule has 3 amide bonds. The molecule has 8 heteroatoms. The molecular formula is C20H27N3O5. The predicted octanol–water partition coefficient (Wildman–Crippen LogP) is 3.11. The minimum absolute atomic E-state index is 0.0251. The highest BCUT2D eigenvalue weighted by molar-refractivity contribution is 6.24. The summed E-state index contributed by atoms with van der Waals surface area (Å²) in [5, 5.41) is 11.2. The fourth-order valence-electron chi connectivity index (χ4n) is 3.04. The molecule has 1 aromatic carbocycles. The molecule has 1 aliphatic heterocycles. The lowest BCUT2D eigenvalue weighted by Crippen LogP contribution is -2.43. The van der Waals surface area contributed by atoms with E-state index in [4.69, 9.17) is 0 Å². The zero-order valence-electron chi connectivity index (χ0n) is 16.8. The minimum atomic E-state index is -0.784. The lowest BCUT2D eigenvalue weighted by Gasteiger charge is -2.26. The van der Waals surface area contributed by atoms with Gasteiger partial charge in [-0.3, -0.25) is 29.4 Å². The van der Waals surface area contributed by atoms with Crippen molar-refractivity contribution in [3.63, 3.8) is 0 Å². The number of nitro groups is 1. The number of nitrogens with zero attached hydrogens (tertiary/aromatic N) is 3. The molecule has 0 aromatic heterocycles. The van der Waals surface area contributed by atoms with E-state index >= 15 is 0 Å². The number of imide groups is 1. The Morgan fingerprint density at radius 3 is 2.14 bits per heavy atom. The summed E-state index contributed by atoms with van der Waals surface area (Å²) in [5.41, 5.74) is -0.675. The van der Waals surface area contributed by atoms with Gasteiger partial charge in [-0.2, -0.15) is 0 Å². The average molecular weight is 389 g/mol. The molecule has 0 fully saturated rings. The van der Waals surface area contributed by atoms with Crippen molar-refractivity contribution in [2.24, 2.45) is 11.8 Å². The van der Waals surface area contributed by atoms with Crippen LogP contribution in [0.1, 0.15) is 61.3 Å².